The summed E-state index contributed by atoms with van der Waals surface area (Å²) in [6, 6.07) is 13.8. The van der Waals surface area contributed by atoms with Crippen LogP contribution in [0.4, 0.5) is 0 Å². The quantitative estimate of drug-likeness (QED) is 0.474. The third-order valence-corrected chi connectivity index (χ3v) is 5.64. The second-order valence-corrected chi connectivity index (χ2v) is 7.75. The average Bonchev–Trinajstić information content (AvgIpc) is 3.04. The van der Waals surface area contributed by atoms with E-state index in [9.17, 15) is 4.79 Å². The Morgan fingerprint density at radius 2 is 1.85 bits per heavy atom. The maximum atomic E-state index is 13.1. The van der Waals surface area contributed by atoms with E-state index in [1.165, 1.54) is 16.9 Å². The maximum absolute atomic E-state index is 13.1. The molecule has 26 heavy (non-hydrogen) atoms. The molecule has 0 fully saturated rings. The first-order valence-electron chi connectivity index (χ1n) is 8.31. The summed E-state index contributed by atoms with van der Waals surface area (Å²) in [5.74, 6) is 0. The van der Waals surface area contributed by atoms with Gasteiger partial charge < -0.3 is 0 Å². The van der Waals surface area contributed by atoms with Crippen molar-refractivity contribution in [3.63, 3.8) is 0 Å². The van der Waals surface area contributed by atoms with Crippen molar-refractivity contribution in [2.45, 2.75) is 20.4 Å². The van der Waals surface area contributed by atoms with Crippen molar-refractivity contribution in [1.29, 1.82) is 0 Å². The van der Waals surface area contributed by atoms with Crippen molar-refractivity contribution in [3.8, 4) is 11.1 Å². The van der Waals surface area contributed by atoms with Gasteiger partial charge in [-0.2, -0.15) is 0 Å². The van der Waals surface area contributed by atoms with Crippen molar-refractivity contribution in [1.82, 2.24) is 9.55 Å². The minimum absolute atomic E-state index is 0.0128. The van der Waals surface area contributed by atoms with E-state index in [1.807, 2.05) is 29.6 Å². The molecule has 0 aliphatic heterocycles. The Kier molecular flexibility index (Phi) is 4.39. The minimum atomic E-state index is -0.0128. The van der Waals surface area contributed by atoms with Gasteiger partial charge in [-0.1, -0.05) is 47.5 Å². The topological polar surface area (TPSA) is 34.9 Å². The smallest absolute Gasteiger partial charge is 0.263 e. The molecular weight excluding hydrogens is 364 g/mol. The van der Waals surface area contributed by atoms with Crippen molar-refractivity contribution >= 4 is 33.2 Å². The summed E-state index contributed by atoms with van der Waals surface area (Å²) in [7, 11) is 0. The number of hydrogen-bond donors (Lipinski definition) is 0. The van der Waals surface area contributed by atoms with Crippen LogP contribution in [-0.4, -0.2) is 9.55 Å². The molecule has 0 saturated heterocycles. The maximum Gasteiger partial charge on any atom is 0.263 e. The van der Waals surface area contributed by atoms with Gasteiger partial charge in [0.1, 0.15) is 4.83 Å². The molecule has 0 aliphatic carbocycles. The highest BCUT2D eigenvalue weighted by Gasteiger charge is 2.15. The summed E-state index contributed by atoms with van der Waals surface area (Å²) in [6.07, 6.45) is 1.63. The van der Waals surface area contributed by atoms with Gasteiger partial charge in [-0.3, -0.25) is 9.36 Å². The average molecular weight is 381 g/mol. The number of benzene rings is 2. The number of fused-ring (bicyclic) bond motifs is 1. The van der Waals surface area contributed by atoms with Gasteiger partial charge >= 0.3 is 0 Å². The summed E-state index contributed by atoms with van der Waals surface area (Å²) >= 11 is 7.46. The third-order valence-electron chi connectivity index (χ3n) is 4.50. The molecule has 3 nitrogen and oxygen atoms in total. The lowest BCUT2D eigenvalue weighted by Gasteiger charge is -2.08. The number of halogens is 1. The van der Waals surface area contributed by atoms with E-state index in [0.29, 0.717) is 17.0 Å². The molecule has 0 saturated carbocycles. The van der Waals surface area contributed by atoms with Gasteiger partial charge in [0.15, 0.2) is 0 Å². The SMILES string of the molecule is Cc1ccc(-c2csc3ncn(Cc4ccc(Cl)cc4)c(=O)c23)c(C)c1. The molecule has 5 heteroatoms. The van der Waals surface area contributed by atoms with E-state index in [0.717, 1.165) is 27.1 Å². The van der Waals surface area contributed by atoms with Gasteiger partial charge in [0.05, 0.1) is 18.3 Å². The van der Waals surface area contributed by atoms with Gasteiger partial charge in [0, 0.05) is 16.0 Å². The van der Waals surface area contributed by atoms with Gasteiger partial charge in [-0.25, -0.2) is 4.98 Å². The number of rotatable bonds is 3. The molecule has 2 aromatic heterocycles. The Morgan fingerprint density at radius 3 is 2.58 bits per heavy atom. The highest BCUT2D eigenvalue weighted by molar-refractivity contribution is 7.17. The Balaban J connectivity index is 1.84. The molecule has 130 valence electrons. The molecule has 0 N–H and O–H groups in total. The van der Waals surface area contributed by atoms with Crippen LogP contribution < -0.4 is 5.56 Å². The van der Waals surface area contributed by atoms with Crippen LogP contribution in [0.3, 0.4) is 0 Å². The van der Waals surface area contributed by atoms with E-state index in [4.69, 9.17) is 11.6 Å². The van der Waals surface area contributed by atoms with Crippen molar-refractivity contribution < 1.29 is 0 Å². The Hall–Kier alpha value is -2.43. The van der Waals surface area contributed by atoms with Crippen LogP contribution in [0.5, 0.6) is 0 Å². The summed E-state index contributed by atoms with van der Waals surface area (Å²) in [4.78, 5) is 18.4. The number of thiophene rings is 1. The van der Waals surface area contributed by atoms with Crippen molar-refractivity contribution in [2.75, 3.05) is 0 Å². The van der Waals surface area contributed by atoms with Crippen LogP contribution >= 0.6 is 22.9 Å². The molecule has 0 spiro atoms. The predicted molar refractivity (Wildman–Crippen MR) is 109 cm³/mol. The molecule has 0 aliphatic rings. The molecule has 0 atom stereocenters. The molecular formula is C21H17ClN2OS. The lowest BCUT2D eigenvalue weighted by molar-refractivity contribution is 0.749. The van der Waals surface area contributed by atoms with E-state index in [-0.39, 0.29) is 5.56 Å². The number of aromatic nitrogens is 2. The highest BCUT2D eigenvalue weighted by atomic mass is 35.5. The van der Waals surface area contributed by atoms with Crippen LogP contribution in [0, 0.1) is 13.8 Å². The summed E-state index contributed by atoms with van der Waals surface area (Å²) in [5, 5.41) is 3.41. The summed E-state index contributed by atoms with van der Waals surface area (Å²) < 4.78 is 1.66. The molecule has 0 amide bonds. The van der Waals surface area contributed by atoms with E-state index in [1.54, 1.807) is 10.9 Å². The van der Waals surface area contributed by atoms with Crippen molar-refractivity contribution in [3.05, 3.63) is 86.2 Å². The second kappa shape index (κ2) is 6.71. The van der Waals surface area contributed by atoms with E-state index < -0.39 is 0 Å². The third kappa shape index (κ3) is 3.06. The zero-order valence-electron chi connectivity index (χ0n) is 14.5. The van der Waals surface area contributed by atoms with E-state index in [2.05, 4.69) is 37.0 Å². The van der Waals surface area contributed by atoms with Crippen molar-refractivity contribution in [2.24, 2.45) is 0 Å². The van der Waals surface area contributed by atoms with Crippen LogP contribution in [-0.2, 0) is 6.54 Å². The summed E-state index contributed by atoms with van der Waals surface area (Å²) in [6.45, 7) is 4.62. The normalized spacial score (nSPS) is 11.2. The Morgan fingerprint density at radius 1 is 1.08 bits per heavy atom. The van der Waals surface area contributed by atoms with Gasteiger partial charge in [-0.05, 0) is 42.7 Å². The lowest BCUT2D eigenvalue weighted by atomic mass is 9.99. The predicted octanol–water partition coefficient (Wildman–Crippen LogP) is 5.44. The van der Waals surface area contributed by atoms with E-state index >= 15 is 0 Å². The minimum Gasteiger partial charge on any atom is -0.294 e. The fourth-order valence-corrected chi connectivity index (χ4v) is 4.20. The van der Waals surface area contributed by atoms with Crippen LogP contribution in [0.1, 0.15) is 16.7 Å². The van der Waals surface area contributed by atoms with Crippen LogP contribution in [0.25, 0.3) is 21.3 Å². The molecule has 4 rings (SSSR count). The number of hydrogen-bond acceptors (Lipinski definition) is 3. The van der Waals surface area contributed by atoms with Gasteiger partial charge in [-0.15, -0.1) is 11.3 Å². The number of aryl methyl sites for hydroxylation is 2. The first-order valence-corrected chi connectivity index (χ1v) is 9.57. The largest absolute Gasteiger partial charge is 0.294 e. The molecule has 0 unspecified atom stereocenters. The zero-order chi connectivity index (χ0) is 18.3. The van der Waals surface area contributed by atoms with Crippen LogP contribution in [0.2, 0.25) is 5.02 Å². The van der Waals surface area contributed by atoms with Gasteiger partial charge in [0.25, 0.3) is 5.56 Å². The first kappa shape index (κ1) is 17.0. The standard InChI is InChI=1S/C21H17ClN2OS/c1-13-3-8-17(14(2)9-13)18-11-26-20-19(18)21(25)24(12-23-20)10-15-4-6-16(22)7-5-15/h3-9,11-12H,10H2,1-2H3. The molecule has 2 aromatic carbocycles. The second-order valence-electron chi connectivity index (χ2n) is 6.45. The molecule has 0 bridgehead atoms. The number of nitrogens with zero attached hydrogens (tertiary/aromatic N) is 2. The Labute approximate surface area is 160 Å². The lowest BCUT2D eigenvalue weighted by Crippen LogP contribution is -2.21. The van der Waals surface area contributed by atoms with Gasteiger partial charge in [0.2, 0.25) is 0 Å². The zero-order valence-corrected chi connectivity index (χ0v) is 16.1. The summed E-state index contributed by atoms with van der Waals surface area (Å²) in [5.41, 5.74) is 5.43. The molecule has 4 aromatic rings. The molecule has 2 heterocycles. The fourth-order valence-electron chi connectivity index (χ4n) is 3.18. The first-order chi connectivity index (χ1) is 12.5. The Bertz CT molecular complexity index is 1160. The van der Waals surface area contributed by atoms with Crippen LogP contribution in [0.15, 0.2) is 59.0 Å². The fraction of sp³-hybridized carbons (Fsp3) is 0.143. The molecule has 0 radical (unpaired) electrons. The monoisotopic (exact) mass is 380 g/mol. The highest BCUT2D eigenvalue weighted by Crippen LogP contribution is 2.33.